The normalized spacial score (nSPS) is 10.8. The maximum Gasteiger partial charge on any atom is 0.119 e. The van der Waals surface area contributed by atoms with Crippen LogP contribution in [-0.4, -0.2) is 59.3 Å². The zero-order chi connectivity index (χ0) is 14.1. The average Bonchev–Trinajstić information content (AvgIpc) is 2.42. The highest BCUT2D eigenvalue weighted by Gasteiger charge is 2.00. The molecular formula is C15H27N3O. The molecule has 0 spiro atoms. The molecule has 1 rings (SSSR count). The van der Waals surface area contributed by atoms with Gasteiger partial charge in [0.25, 0.3) is 0 Å². The molecule has 0 aromatic heterocycles. The number of anilines is 1. The van der Waals surface area contributed by atoms with Gasteiger partial charge in [-0.15, -0.1) is 0 Å². The Balaban J connectivity index is 2.17. The monoisotopic (exact) mass is 265 g/mol. The molecular weight excluding hydrogens is 238 g/mol. The van der Waals surface area contributed by atoms with Crippen molar-refractivity contribution in [1.82, 2.24) is 10.2 Å². The molecule has 1 aromatic rings. The third kappa shape index (κ3) is 6.45. The van der Waals surface area contributed by atoms with Crippen LogP contribution in [0.5, 0.6) is 5.75 Å². The van der Waals surface area contributed by atoms with Crippen LogP contribution in [0.3, 0.4) is 0 Å². The van der Waals surface area contributed by atoms with E-state index in [-0.39, 0.29) is 0 Å². The fourth-order valence-electron chi connectivity index (χ4n) is 1.86. The summed E-state index contributed by atoms with van der Waals surface area (Å²) in [6.07, 6.45) is 1.19. The smallest absolute Gasteiger partial charge is 0.119 e. The topological polar surface area (TPSA) is 27.7 Å². The third-order valence-electron chi connectivity index (χ3n) is 3.10. The summed E-state index contributed by atoms with van der Waals surface area (Å²) in [6.45, 7) is 4.24. The highest BCUT2D eigenvalue weighted by atomic mass is 16.5. The van der Waals surface area contributed by atoms with Gasteiger partial charge in [-0.05, 0) is 57.9 Å². The largest absolute Gasteiger partial charge is 0.497 e. The van der Waals surface area contributed by atoms with Gasteiger partial charge in [-0.1, -0.05) is 0 Å². The SMILES string of the molecule is COc1ccc(N(C)CCNCCCN(C)C)cc1. The minimum Gasteiger partial charge on any atom is -0.497 e. The summed E-state index contributed by atoms with van der Waals surface area (Å²) in [5.41, 5.74) is 1.22. The van der Waals surface area contributed by atoms with Gasteiger partial charge in [0.15, 0.2) is 0 Å². The first kappa shape index (κ1) is 15.8. The summed E-state index contributed by atoms with van der Waals surface area (Å²) in [6, 6.07) is 8.17. The molecule has 4 nitrogen and oxygen atoms in total. The lowest BCUT2D eigenvalue weighted by Gasteiger charge is -2.20. The zero-order valence-corrected chi connectivity index (χ0v) is 12.6. The first-order valence-corrected chi connectivity index (χ1v) is 6.84. The van der Waals surface area contributed by atoms with Crippen LogP contribution in [0.25, 0.3) is 0 Å². The predicted molar refractivity (Wildman–Crippen MR) is 82.3 cm³/mol. The molecule has 1 aromatic carbocycles. The van der Waals surface area contributed by atoms with E-state index in [0.29, 0.717) is 0 Å². The number of likely N-dealkylation sites (N-methyl/N-ethyl adjacent to an activating group) is 1. The van der Waals surface area contributed by atoms with Crippen molar-refractivity contribution in [2.45, 2.75) is 6.42 Å². The first-order chi connectivity index (χ1) is 9.13. The van der Waals surface area contributed by atoms with Crippen molar-refractivity contribution in [3.8, 4) is 5.75 Å². The Kier molecular flexibility index (Phi) is 7.30. The Morgan fingerprint density at radius 3 is 2.26 bits per heavy atom. The van der Waals surface area contributed by atoms with Gasteiger partial charge >= 0.3 is 0 Å². The molecule has 0 aliphatic carbocycles. The van der Waals surface area contributed by atoms with Crippen molar-refractivity contribution in [2.75, 3.05) is 59.3 Å². The number of benzene rings is 1. The minimum atomic E-state index is 0.902. The molecule has 4 heteroatoms. The quantitative estimate of drug-likeness (QED) is 0.688. The number of rotatable bonds is 9. The van der Waals surface area contributed by atoms with Gasteiger partial charge in [0.1, 0.15) is 5.75 Å². The van der Waals surface area contributed by atoms with E-state index >= 15 is 0 Å². The first-order valence-electron chi connectivity index (χ1n) is 6.84. The lowest BCUT2D eigenvalue weighted by atomic mass is 10.3. The Bertz CT molecular complexity index is 338. The number of hydrogen-bond donors (Lipinski definition) is 1. The van der Waals surface area contributed by atoms with Crippen LogP contribution in [-0.2, 0) is 0 Å². The summed E-state index contributed by atoms with van der Waals surface area (Å²) in [5.74, 6) is 0.902. The van der Waals surface area contributed by atoms with Crippen LogP contribution >= 0.6 is 0 Å². The van der Waals surface area contributed by atoms with Crippen molar-refractivity contribution in [2.24, 2.45) is 0 Å². The van der Waals surface area contributed by atoms with Gasteiger partial charge in [0, 0.05) is 25.8 Å². The lowest BCUT2D eigenvalue weighted by molar-refractivity contribution is 0.395. The van der Waals surface area contributed by atoms with E-state index in [0.717, 1.165) is 31.9 Å². The third-order valence-corrected chi connectivity index (χ3v) is 3.10. The number of methoxy groups -OCH3 is 1. The van der Waals surface area contributed by atoms with E-state index in [1.54, 1.807) is 7.11 Å². The predicted octanol–water partition coefficient (Wildman–Crippen LogP) is 1.67. The molecule has 0 unspecified atom stereocenters. The van der Waals surface area contributed by atoms with Gasteiger partial charge in [0.2, 0.25) is 0 Å². The van der Waals surface area contributed by atoms with Crippen LogP contribution in [0, 0.1) is 0 Å². The molecule has 0 saturated carbocycles. The average molecular weight is 265 g/mol. The second kappa shape index (κ2) is 8.77. The summed E-state index contributed by atoms with van der Waals surface area (Å²) >= 11 is 0. The molecule has 0 aliphatic rings. The Morgan fingerprint density at radius 1 is 1.00 bits per heavy atom. The molecule has 108 valence electrons. The van der Waals surface area contributed by atoms with Crippen molar-refractivity contribution < 1.29 is 4.74 Å². The fraction of sp³-hybridized carbons (Fsp3) is 0.600. The molecule has 0 bridgehead atoms. The van der Waals surface area contributed by atoms with Gasteiger partial charge in [-0.2, -0.15) is 0 Å². The minimum absolute atomic E-state index is 0.902. The molecule has 0 amide bonds. The number of nitrogens with zero attached hydrogens (tertiary/aromatic N) is 2. The van der Waals surface area contributed by atoms with Crippen molar-refractivity contribution >= 4 is 5.69 Å². The highest BCUT2D eigenvalue weighted by molar-refractivity contribution is 5.48. The fourth-order valence-corrected chi connectivity index (χ4v) is 1.86. The molecule has 0 fully saturated rings. The zero-order valence-electron chi connectivity index (χ0n) is 12.6. The van der Waals surface area contributed by atoms with Crippen LogP contribution in [0.2, 0.25) is 0 Å². The Hall–Kier alpha value is -1.26. The van der Waals surface area contributed by atoms with Crippen LogP contribution in [0.1, 0.15) is 6.42 Å². The highest BCUT2D eigenvalue weighted by Crippen LogP contribution is 2.17. The van der Waals surface area contributed by atoms with Gasteiger partial charge in [0.05, 0.1) is 7.11 Å². The van der Waals surface area contributed by atoms with Crippen molar-refractivity contribution in [3.05, 3.63) is 24.3 Å². The summed E-state index contributed by atoms with van der Waals surface area (Å²) in [7, 11) is 8.02. The standard InChI is InChI=1S/C15H27N3O/c1-17(2)12-5-10-16-11-13-18(3)14-6-8-15(19-4)9-7-14/h6-9,16H,5,10-13H2,1-4H3. The Labute approximate surface area is 117 Å². The van der Waals surface area contributed by atoms with Crippen molar-refractivity contribution in [1.29, 1.82) is 0 Å². The van der Waals surface area contributed by atoms with Gasteiger partial charge < -0.3 is 19.9 Å². The van der Waals surface area contributed by atoms with E-state index < -0.39 is 0 Å². The van der Waals surface area contributed by atoms with Gasteiger partial charge in [-0.25, -0.2) is 0 Å². The van der Waals surface area contributed by atoms with Gasteiger partial charge in [-0.3, -0.25) is 0 Å². The summed E-state index contributed by atoms with van der Waals surface area (Å²) in [4.78, 5) is 4.46. The maximum atomic E-state index is 5.16. The van der Waals surface area contributed by atoms with Crippen molar-refractivity contribution in [3.63, 3.8) is 0 Å². The van der Waals surface area contributed by atoms with Crippen LogP contribution in [0.15, 0.2) is 24.3 Å². The van der Waals surface area contributed by atoms with Crippen LogP contribution < -0.4 is 15.0 Å². The van der Waals surface area contributed by atoms with Crippen LogP contribution in [0.4, 0.5) is 5.69 Å². The molecule has 0 saturated heterocycles. The lowest BCUT2D eigenvalue weighted by Crippen LogP contribution is -2.30. The molecule has 0 radical (unpaired) electrons. The second-order valence-corrected chi connectivity index (χ2v) is 5.03. The van der Waals surface area contributed by atoms with E-state index in [1.165, 1.54) is 12.1 Å². The number of ether oxygens (including phenoxy) is 1. The summed E-state index contributed by atoms with van der Waals surface area (Å²) < 4.78 is 5.16. The number of hydrogen-bond acceptors (Lipinski definition) is 4. The summed E-state index contributed by atoms with van der Waals surface area (Å²) in [5, 5.41) is 3.47. The molecule has 19 heavy (non-hydrogen) atoms. The Morgan fingerprint density at radius 2 is 1.68 bits per heavy atom. The molecule has 1 N–H and O–H groups in total. The van der Waals surface area contributed by atoms with E-state index in [1.807, 2.05) is 12.1 Å². The van der Waals surface area contributed by atoms with E-state index in [9.17, 15) is 0 Å². The van der Waals surface area contributed by atoms with E-state index in [4.69, 9.17) is 4.74 Å². The van der Waals surface area contributed by atoms with E-state index in [2.05, 4.69) is 48.4 Å². The number of nitrogens with one attached hydrogen (secondary N) is 1. The molecule has 0 heterocycles. The maximum absolute atomic E-state index is 5.16. The molecule has 0 aliphatic heterocycles. The second-order valence-electron chi connectivity index (χ2n) is 5.03. The molecule has 0 atom stereocenters.